The molecule has 2 aromatic heterocycles. The Bertz CT molecular complexity index is 1330. The van der Waals surface area contributed by atoms with Crippen LogP contribution < -0.4 is 5.32 Å². The lowest BCUT2D eigenvalue weighted by atomic mass is 10.1. The van der Waals surface area contributed by atoms with Crippen molar-refractivity contribution in [1.82, 2.24) is 14.9 Å². The molecule has 1 saturated heterocycles. The predicted molar refractivity (Wildman–Crippen MR) is 128 cm³/mol. The molecule has 5 rings (SSSR count). The number of pyridine rings is 2. The fourth-order valence-corrected chi connectivity index (χ4v) is 4.27. The van der Waals surface area contributed by atoms with E-state index in [1.165, 1.54) is 37.6 Å². The lowest BCUT2D eigenvalue weighted by Gasteiger charge is -2.26. The Morgan fingerprint density at radius 1 is 0.941 bits per heavy atom. The van der Waals surface area contributed by atoms with Crippen molar-refractivity contribution in [2.45, 2.75) is 25.8 Å². The number of carbonyl (C=O) groups is 1. The third kappa shape index (κ3) is 4.94. The highest BCUT2D eigenvalue weighted by Gasteiger charge is 2.13. The van der Waals surface area contributed by atoms with Gasteiger partial charge < -0.3 is 5.32 Å². The molecule has 34 heavy (non-hydrogen) atoms. The minimum absolute atomic E-state index is 0.176. The van der Waals surface area contributed by atoms with Crippen LogP contribution in [0.3, 0.4) is 0 Å². The van der Waals surface area contributed by atoms with Gasteiger partial charge in [-0.3, -0.25) is 19.7 Å². The Kier molecular flexibility index (Phi) is 6.27. The number of anilines is 1. The van der Waals surface area contributed by atoms with Crippen molar-refractivity contribution in [3.63, 3.8) is 0 Å². The summed E-state index contributed by atoms with van der Waals surface area (Å²) >= 11 is 0. The van der Waals surface area contributed by atoms with E-state index in [2.05, 4.69) is 15.2 Å². The maximum Gasteiger partial charge on any atom is 0.257 e. The molecule has 172 valence electrons. The van der Waals surface area contributed by atoms with E-state index >= 15 is 0 Å². The summed E-state index contributed by atoms with van der Waals surface area (Å²) in [4.78, 5) is 24.1. The predicted octanol–water partition coefficient (Wildman–Crippen LogP) is 5.81. The number of hydrogen-bond acceptors (Lipinski definition) is 4. The number of hydrogen-bond donors (Lipinski definition) is 1. The van der Waals surface area contributed by atoms with E-state index in [1.54, 1.807) is 12.1 Å². The standard InChI is InChI=1S/C27H24F2N4O/c28-20-6-9-23(24(29)15-20)26-10-5-19(16-30-26)27(34)32-21-8-11-25-18(14-21)4-7-22(31-25)17-33-12-2-1-3-13-33/h4-11,14-16H,1-3,12-13,17H2,(H,32,34). The molecule has 0 atom stereocenters. The molecule has 0 aliphatic carbocycles. The molecule has 3 heterocycles. The first kappa shape index (κ1) is 22.1. The van der Waals surface area contributed by atoms with Crippen LogP contribution in [0.4, 0.5) is 14.5 Å². The largest absolute Gasteiger partial charge is 0.322 e. The Morgan fingerprint density at radius 2 is 1.79 bits per heavy atom. The Labute approximate surface area is 196 Å². The number of piperidine rings is 1. The van der Waals surface area contributed by atoms with Crippen LogP contribution >= 0.6 is 0 Å². The number of carbonyl (C=O) groups excluding carboxylic acids is 1. The van der Waals surface area contributed by atoms with Crippen molar-refractivity contribution in [3.05, 3.63) is 89.8 Å². The van der Waals surface area contributed by atoms with E-state index in [4.69, 9.17) is 4.98 Å². The summed E-state index contributed by atoms with van der Waals surface area (Å²) in [6.45, 7) is 3.11. The van der Waals surface area contributed by atoms with Crippen LogP contribution in [0, 0.1) is 11.6 Å². The van der Waals surface area contributed by atoms with E-state index in [0.29, 0.717) is 16.9 Å². The average molecular weight is 459 g/mol. The topological polar surface area (TPSA) is 58.1 Å². The first-order chi connectivity index (χ1) is 16.5. The molecular formula is C27H24F2N4O. The fraction of sp³-hybridized carbons (Fsp3) is 0.222. The monoisotopic (exact) mass is 458 g/mol. The summed E-state index contributed by atoms with van der Waals surface area (Å²) in [7, 11) is 0. The van der Waals surface area contributed by atoms with Gasteiger partial charge in [-0.25, -0.2) is 8.78 Å². The van der Waals surface area contributed by atoms with Gasteiger partial charge in [0.2, 0.25) is 0 Å². The van der Waals surface area contributed by atoms with Crippen molar-refractivity contribution in [2.75, 3.05) is 18.4 Å². The zero-order valence-corrected chi connectivity index (χ0v) is 18.6. The fourth-order valence-electron chi connectivity index (χ4n) is 4.27. The van der Waals surface area contributed by atoms with Crippen LogP contribution in [0.5, 0.6) is 0 Å². The molecule has 2 aromatic carbocycles. The van der Waals surface area contributed by atoms with Gasteiger partial charge in [0.15, 0.2) is 0 Å². The van der Waals surface area contributed by atoms with Gasteiger partial charge >= 0.3 is 0 Å². The Hall–Kier alpha value is -3.71. The molecule has 7 heteroatoms. The number of rotatable bonds is 5. The van der Waals surface area contributed by atoms with Gasteiger partial charge in [-0.05, 0) is 74.5 Å². The molecule has 0 saturated carbocycles. The van der Waals surface area contributed by atoms with Gasteiger partial charge in [-0.1, -0.05) is 12.5 Å². The van der Waals surface area contributed by atoms with Gasteiger partial charge in [0.1, 0.15) is 11.6 Å². The molecule has 0 unspecified atom stereocenters. The number of fused-ring (bicyclic) bond motifs is 1. The number of nitrogens with zero attached hydrogens (tertiary/aromatic N) is 3. The van der Waals surface area contributed by atoms with Crippen molar-refractivity contribution < 1.29 is 13.6 Å². The van der Waals surface area contributed by atoms with Crippen molar-refractivity contribution in [3.8, 4) is 11.3 Å². The normalized spacial score (nSPS) is 14.3. The molecule has 1 aliphatic rings. The van der Waals surface area contributed by atoms with Crippen molar-refractivity contribution >= 4 is 22.5 Å². The van der Waals surface area contributed by atoms with Gasteiger partial charge in [-0.15, -0.1) is 0 Å². The first-order valence-corrected chi connectivity index (χ1v) is 11.4. The van der Waals surface area contributed by atoms with Crippen LogP contribution in [0.25, 0.3) is 22.2 Å². The highest BCUT2D eigenvalue weighted by atomic mass is 19.1. The van der Waals surface area contributed by atoms with E-state index < -0.39 is 11.6 Å². The van der Waals surface area contributed by atoms with Crippen molar-refractivity contribution in [2.24, 2.45) is 0 Å². The third-order valence-electron chi connectivity index (χ3n) is 6.07. The van der Waals surface area contributed by atoms with E-state index in [-0.39, 0.29) is 11.5 Å². The molecule has 4 aromatic rings. The highest BCUT2D eigenvalue weighted by Crippen LogP contribution is 2.23. The Balaban J connectivity index is 1.27. The van der Waals surface area contributed by atoms with E-state index in [0.717, 1.165) is 42.3 Å². The molecule has 1 amide bonds. The van der Waals surface area contributed by atoms with Gasteiger partial charge in [0.05, 0.1) is 22.5 Å². The molecule has 0 spiro atoms. The van der Waals surface area contributed by atoms with E-state index in [9.17, 15) is 13.6 Å². The number of amides is 1. The molecule has 1 aliphatic heterocycles. The molecule has 1 N–H and O–H groups in total. The first-order valence-electron chi connectivity index (χ1n) is 11.4. The average Bonchev–Trinajstić information content (AvgIpc) is 2.85. The number of benzene rings is 2. The lowest BCUT2D eigenvalue weighted by Crippen LogP contribution is -2.29. The third-order valence-corrected chi connectivity index (χ3v) is 6.07. The van der Waals surface area contributed by atoms with Crippen LogP contribution in [0.2, 0.25) is 0 Å². The number of likely N-dealkylation sites (tertiary alicyclic amines) is 1. The van der Waals surface area contributed by atoms with Gasteiger partial charge in [0.25, 0.3) is 5.91 Å². The number of halogens is 2. The minimum atomic E-state index is -0.700. The zero-order chi connectivity index (χ0) is 23.5. The van der Waals surface area contributed by atoms with Crippen LogP contribution in [-0.2, 0) is 6.54 Å². The molecule has 1 fully saturated rings. The summed E-state index contributed by atoms with van der Waals surface area (Å²) in [5, 5.41) is 3.81. The van der Waals surface area contributed by atoms with Crippen LogP contribution in [-0.4, -0.2) is 33.9 Å². The SMILES string of the molecule is O=C(Nc1ccc2nc(CN3CCCCC3)ccc2c1)c1ccc(-c2ccc(F)cc2F)nc1. The molecule has 0 bridgehead atoms. The van der Waals surface area contributed by atoms with Crippen LogP contribution in [0.1, 0.15) is 35.3 Å². The number of aromatic nitrogens is 2. The zero-order valence-electron chi connectivity index (χ0n) is 18.6. The smallest absolute Gasteiger partial charge is 0.257 e. The summed E-state index contributed by atoms with van der Waals surface area (Å²) in [6, 6.07) is 16.1. The maximum absolute atomic E-state index is 14.0. The lowest BCUT2D eigenvalue weighted by molar-refractivity contribution is 0.102. The highest BCUT2D eigenvalue weighted by molar-refractivity contribution is 6.05. The maximum atomic E-state index is 14.0. The van der Waals surface area contributed by atoms with Gasteiger partial charge in [-0.2, -0.15) is 0 Å². The van der Waals surface area contributed by atoms with Gasteiger partial charge in [0, 0.05) is 35.4 Å². The second-order valence-corrected chi connectivity index (χ2v) is 8.56. The molecule has 0 radical (unpaired) electrons. The van der Waals surface area contributed by atoms with Crippen LogP contribution in [0.15, 0.2) is 66.9 Å². The minimum Gasteiger partial charge on any atom is -0.322 e. The summed E-state index contributed by atoms with van der Waals surface area (Å²) in [5.74, 6) is -1.68. The number of nitrogens with one attached hydrogen (secondary N) is 1. The van der Waals surface area contributed by atoms with Crippen molar-refractivity contribution in [1.29, 1.82) is 0 Å². The summed E-state index contributed by atoms with van der Waals surface area (Å²) in [5.41, 5.74) is 3.43. The second-order valence-electron chi connectivity index (χ2n) is 8.56. The van der Waals surface area contributed by atoms with E-state index in [1.807, 2.05) is 30.3 Å². The quantitative estimate of drug-likeness (QED) is 0.410. The molecular weight excluding hydrogens is 434 g/mol. The second kappa shape index (κ2) is 9.65. The summed E-state index contributed by atoms with van der Waals surface area (Å²) in [6.07, 6.45) is 5.18. The Morgan fingerprint density at radius 3 is 2.56 bits per heavy atom. The summed E-state index contributed by atoms with van der Waals surface area (Å²) < 4.78 is 27.1. The molecule has 5 nitrogen and oxygen atoms in total.